The van der Waals surface area contributed by atoms with Crippen LogP contribution < -0.4 is 5.32 Å². The molecule has 1 aliphatic rings. The SMILES string of the molecule is COC(=O)[C@H](C)NC(=O)C1(O)CCN(C(=O)c2cc(-c3ccc(C)s3)[nH]n2)CC1.O=CO. The first-order valence-corrected chi connectivity index (χ1v) is 10.6. The quantitative estimate of drug-likeness (QED) is 0.371. The molecule has 1 aliphatic heterocycles. The summed E-state index contributed by atoms with van der Waals surface area (Å²) in [6.07, 6.45) is 0.139. The Hall–Kier alpha value is -3.25. The van der Waals surface area contributed by atoms with Gasteiger partial charge in [0.05, 0.1) is 17.7 Å². The van der Waals surface area contributed by atoms with Crippen molar-refractivity contribution in [1.29, 1.82) is 0 Å². The number of thiophene rings is 1. The van der Waals surface area contributed by atoms with Crippen LogP contribution in [-0.2, 0) is 19.1 Å². The van der Waals surface area contributed by atoms with Gasteiger partial charge in [-0.15, -0.1) is 11.3 Å². The lowest BCUT2D eigenvalue weighted by atomic mass is 9.90. The van der Waals surface area contributed by atoms with Crippen molar-refractivity contribution < 1.29 is 34.1 Å². The zero-order chi connectivity index (χ0) is 23.9. The van der Waals surface area contributed by atoms with Crippen molar-refractivity contribution in [3.05, 3.63) is 28.8 Å². The topological polar surface area (TPSA) is 162 Å². The van der Waals surface area contributed by atoms with Crippen molar-refractivity contribution in [3.63, 3.8) is 0 Å². The average molecular weight is 467 g/mol. The molecule has 32 heavy (non-hydrogen) atoms. The average Bonchev–Trinajstić information content (AvgIpc) is 3.43. The summed E-state index contributed by atoms with van der Waals surface area (Å²) in [5.41, 5.74) is -0.569. The normalized spacial score (nSPS) is 15.7. The Morgan fingerprint density at radius 1 is 1.34 bits per heavy atom. The molecule has 1 saturated heterocycles. The number of nitrogens with zero attached hydrogens (tertiary/aromatic N) is 2. The lowest BCUT2D eigenvalue weighted by Gasteiger charge is -2.37. The number of aromatic nitrogens is 2. The van der Waals surface area contributed by atoms with Crippen molar-refractivity contribution >= 4 is 35.6 Å². The Morgan fingerprint density at radius 3 is 2.50 bits per heavy atom. The number of methoxy groups -OCH3 is 1. The van der Waals surface area contributed by atoms with Gasteiger partial charge in [-0.2, -0.15) is 5.10 Å². The Bertz CT molecular complexity index is 963. The molecule has 2 aromatic rings. The van der Waals surface area contributed by atoms with Crippen molar-refractivity contribution in [1.82, 2.24) is 20.4 Å². The van der Waals surface area contributed by atoms with Crippen LogP contribution in [0.15, 0.2) is 18.2 Å². The molecule has 12 heteroatoms. The summed E-state index contributed by atoms with van der Waals surface area (Å²) in [6.45, 7) is 3.65. The van der Waals surface area contributed by atoms with Crippen molar-refractivity contribution in [2.75, 3.05) is 20.2 Å². The van der Waals surface area contributed by atoms with E-state index < -0.39 is 23.5 Å². The highest BCUT2D eigenvalue weighted by molar-refractivity contribution is 7.15. The number of esters is 1. The van der Waals surface area contributed by atoms with E-state index in [1.54, 1.807) is 22.3 Å². The number of ether oxygens (including phenoxy) is 1. The van der Waals surface area contributed by atoms with Gasteiger partial charge in [0.1, 0.15) is 11.6 Å². The number of rotatable bonds is 5. The number of hydrogen-bond acceptors (Lipinski definition) is 8. The molecule has 0 saturated carbocycles. The molecule has 2 aromatic heterocycles. The van der Waals surface area contributed by atoms with Gasteiger partial charge in [-0.1, -0.05) is 0 Å². The second-order valence-corrected chi connectivity index (χ2v) is 8.51. The van der Waals surface area contributed by atoms with E-state index >= 15 is 0 Å². The second-order valence-electron chi connectivity index (χ2n) is 7.22. The van der Waals surface area contributed by atoms with Gasteiger partial charge in [-0.3, -0.25) is 19.5 Å². The molecule has 1 fully saturated rings. The van der Waals surface area contributed by atoms with Crippen LogP contribution in [-0.4, -0.2) is 81.4 Å². The number of nitrogens with one attached hydrogen (secondary N) is 2. The van der Waals surface area contributed by atoms with Gasteiger partial charge in [-0.05, 0) is 32.0 Å². The highest BCUT2D eigenvalue weighted by Gasteiger charge is 2.41. The monoisotopic (exact) mass is 466 g/mol. The summed E-state index contributed by atoms with van der Waals surface area (Å²) in [4.78, 5) is 48.7. The Morgan fingerprint density at radius 2 is 1.97 bits per heavy atom. The largest absolute Gasteiger partial charge is 0.483 e. The number of aliphatic hydroxyl groups is 1. The Kier molecular flexibility index (Phi) is 8.49. The molecule has 4 N–H and O–H groups in total. The van der Waals surface area contributed by atoms with E-state index in [1.165, 1.54) is 14.0 Å². The smallest absolute Gasteiger partial charge is 0.328 e. The highest BCUT2D eigenvalue weighted by atomic mass is 32.1. The van der Waals surface area contributed by atoms with E-state index in [0.717, 1.165) is 15.4 Å². The first-order chi connectivity index (χ1) is 15.1. The van der Waals surface area contributed by atoms with E-state index in [4.69, 9.17) is 9.90 Å². The van der Waals surface area contributed by atoms with Crippen LogP contribution in [0.1, 0.15) is 35.1 Å². The number of likely N-dealkylation sites (tertiary alicyclic amines) is 1. The number of hydrogen-bond donors (Lipinski definition) is 4. The number of H-pyrrole nitrogens is 1. The molecule has 11 nitrogen and oxygen atoms in total. The molecular formula is C20H26N4O7S. The van der Waals surface area contributed by atoms with E-state index in [-0.39, 0.29) is 38.3 Å². The van der Waals surface area contributed by atoms with Crippen molar-refractivity contribution in [2.24, 2.45) is 0 Å². The van der Waals surface area contributed by atoms with Gasteiger partial charge in [0.2, 0.25) is 0 Å². The molecule has 0 radical (unpaired) electrons. The first-order valence-electron chi connectivity index (χ1n) is 9.75. The number of amides is 2. The predicted molar refractivity (Wildman–Crippen MR) is 115 cm³/mol. The predicted octanol–water partition coefficient (Wildman–Crippen LogP) is 0.792. The molecule has 0 aromatic carbocycles. The summed E-state index contributed by atoms with van der Waals surface area (Å²) >= 11 is 1.61. The summed E-state index contributed by atoms with van der Waals surface area (Å²) in [5.74, 6) is -1.49. The molecule has 3 heterocycles. The fourth-order valence-corrected chi connectivity index (χ4v) is 4.01. The molecule has 174 valence electrons. The maximum atomic E-state index is 12.7. The standard InChI is InChI=1S/C19H24N4O5S.CH2O2/c1-11-4-5-15(29-11)13-10-14(22-21-13)16(24)23-8-6-19(27,7-9-23)18(26)20-12(2)17(25)28-3;2-1-3/h4-5,10,12,27H,6-9H2,1-3H3,(H,20,26)(H,21,22);1H,(H,2,3)/t12-;/m0./s1. The van der Waals surface area contributed by atoms with Crippen LogP contribution in [0, 0.1) is 6.92 Å². The number of carbonyl (C=O) groups is 4. The van der Waals surface area contributed by atoms with Gasteiger partial charge < -0.3 is 25.2 Å². The summed E-state index contributed by atoms with van der Waals surface area (Å²) < 4.78 is 4.57. The fraction of sp³-hybridized carbons (Fsp3) is 0.450. The first kappa shape index (κ1) is 25.0. The minimum atomic E-state index is -1.63. The number of piperidine rings is 1. The van der Waals surface area contributed by atoms with Crippen molar-refractivity contribution in [2.45, 2.75) is 38.3 Å². The van der Waals surface area contributed by atoms with Crippen LogP contribution in [0.4, 0.5) is 0 Å². The lowest BCUT2D eigenvalue weighted by molar-refractivity contribution is -0.151. The van der Waals surface area contributed by atoms with Gasteiger partial charge in [0.15, 0.2) is 5.69 Å². The molecule has 0 spiro atoms. The maximum absolute atomic E-state index is 12.7. The zero-order valence-electron chi connectivity index (χ0n) is 18.0. The fourth-order valence-electron chi connectivity index (χ4n) is 3.17. The van der Waals surface area contributed by atoms with E-state index in [9.17, 15) is 19.5 Å². The zero-order valence-corrected chi connectivity index (χ0v) is 18.8. The van der Waals surface area contributed by atoms with Crippen LogP contribution in [0.3, 0.4) is 0 Å². The molecule has 3 rings (SSSR count). The number of carbonyl (C=O) groups excluding carboxylic acids is 3. The van der Waals surface area contributed by atoms with E-state index in [1.807, 2.05) is 19.1 Å². The van der Waals surface area contributed by atoms with Gasteiger partial charge in [0, 0.05) is 30.8 Å². The Labute approximate surface area is 188 Å². The molecule has 0 aliphatic carbocycles. The molecule has 0 bridgehead atoms. The highest BCUT2D eigenvalue weighted by Crippen LogP contribution is 2.28. The minimum absolute atomic E-state index is 0.0693. The third-order valence-electron chi connectivity index (χ3n) is 5.01. The molecular weight excluding hydrogens is 440 g/mol. The lowest BCUT2D eigenvalue weighted by Crippen LogP contribution is -2.57. The minimum Gasteiger partial charge on any atom is -0.483 e. The van der Waals surface area contributed by atoms with Crippen LogP contribution in [0.25, 0.3) is 10.6 Å². The van der Waals surface area contributed by atoms with E-state index in [0.29, 0.717) is 5.69 Å². The van der Waals surface area contributed by atoms with Gasteiger partial charge in [-0.25, -0.2) is 4.79 Å². The molecule has 1 atom stereocenters. The summed E-state index contributed by atoms with van der Waals surface area (Å²) in [7, 11) is 1.23. The van der Waals surface area contributed by atoms with E-state index in [2.05, 4.69) is 20.3 Å². The van der Waals surface area contributed by atoms with Crippen LogP contribution in [0.2, 0.25) is 0 Å². The second kappa shape index (κ2) is 10.9. The third kappa shape index (κ3) is 5.92. The third-order valence-corrected chi connectivity index (χ3v) is 6.04. The number of carboxylic acid groups (broad SMARTS) is 1. The summed E-state index contributed by atoms with van der Waals surface area (Å²) in [5, 5.41) is 27.0. The van der Waals surface area contributed by atoms with Gasteiger partial charge in [0.25, 0.3) is 18.3 Å². The number of aryl methyl sites for hydroxylation is 1. The number of aromatic amines is 1. The van der Waals surface area contributed by atoms with Gasteiger partial charge >= 0.3 is 5.97 Å². The maximum Gasteiger partial charge on any atom is 0.328 e. The van der Waals surface area contributed by atoms with Crippen LogP contribution >= 0.6 is 11.3 Å². The van der Waals surface area contributed by atoms with Crippen LogP contribution in [0.5, 0.6) is 0 Å². The molecule has 2 amide bonds. The van der Waals surface area contributed by atoms with Crippen molar-refractivity contribution in [3.8, 4) is 10.6 Å². The molecule has 0 unspecified atom stereocenters. The Balaban J connectivity index is 0.00000114. The summed E-state index contributed by atoms with van der Waals surface area (Å²) in [6, 6.07) is 4.81.